The Morgan fingerprint density at radius 2 is 0.800 bits per heavy atom. The molecule has 0 aliphatic heterocycles. The molecule has 0 aliphatic rings. The molecule has 0 amide bonds. The summed E-state index contributed by atoms with van der Waals surface area (Å²) in [4.78, 5) is 67.6. The fourth-order valence-corrected chi connectivity index (χ4v) is 6.66. The largest absolute Gasteiger partial charge is 0.386 e. The van der Waals surface area contributed by atoms with E-state index in [4.69, 9.17) is 0 Å². The summed E-state index contributed by atoms with van der Waals surface area (Å²) in [6.45, 7) is 7.81. The minimum atomic E-state index is -0.708. The van der Waals surface area contributed by atoms with Crippen LogP contribution >= 0.6 is 11.3 Å². The van der Waals surface area contributed by atoms with Crippen LogP contribution in [0, 0.1) is 12.3 Å². The van der Waals surface area contributed by atoms with Crippen molar-refractivity contribution in [3.8, 4) is 0 Å². The van der Waals surface area contributed by atoms with E-state index in [1.807, 2.05) is 161 Å². The summed E-state index contributed by atoms with van der Waals surface area (Å²) in [7, 11) is 0. The van der Waals surface area contributed by atoms with E-state index in [0.29, 0.717) is 11.1 Å². The Labute approximate surface area is 353 Å². The fraction of sp³-hybridized carbons (Fsp3) is 0.0962. The molecule has 1 aromatic heterocycles. The topological polar surface area (TPSA) is 104 Å². The number of rotatable bonds is 5. The molecule has 0 aliphatic carbocycles. The summed E-state index contributed by atoms with van der Waals surface area (Å²) in [5.74, 6) is -1.14. The first-order chi connectivity index (χ1) is 28.9. The first kappa shape index (κ1) is 43.8. The highest BCUT2D eigenvalue weighted by Gasteiger charge is 2.22. The van der Waals surface area contributed by atoms with Crippen molar-refractivity contribution in [2.75, 3.05) is 0 Å². The van der Waals surface area contributed by atoms with E-state index < -0.39 is 11.9 Å². The number of hydrogen-bond acceptors (Lipinski definition) is 8. The number of aryl methyl sites for hydroxylation is 1. The standard InChI is InChI=1S/C14H10O4.C14H10OS.C13H10O.C11H14O/c15-13(11-7-3-1-4-8-11)17-18-14(16)12-9-5-2-6-10-12;1-9-6-7-13-11(8-9)14(15)10-4-2-3-5-12(10)16-13;14-13(11-7-3-1-4-8-11)12-9-5-2-6-10-12;1-11(2,3)10(12)9-7-5-4-6-8-9/h1-10H;2-8H,1H3;1-10H;4-8H,1-3H3. The minimum Gasteiger partial charge on any atom is -0.294 e. The van der Waals surface area contributed by atoms with Crippen LogP contribution in [-0.4, -0.2) is 23.5 Å². The van der Waals surface area contributed by atoms with Crippen molar-refractivity contribution in [3.63, 3.8) is 0 Å². The minimum absolute atomic E-state index is 0.0752. The number of fused-ring (bicyclic) bond motifs is 2. The zero-order chi connectivity index (χ0) is 42.9. The molecule has 0 spiro atoms. The predicted molar refractivity (Wildman–Crippen MR) is 241 cm³/mol. The van der Waals surface area contributed by atoms with Gasteiger partial charge in [-0.3, -0.25) is 14.4 Å². The van der Waals surface area contributed by atoms with E-state index in [9.17, 15) is 24.0 Å². The zero-order valence-corrected chi connectivity index (χ0v) is 34.6. The van der Waals surface area contributed by atoms with Gasteiger partial charge < -0.3 is 0 Å². The number of carbonyl (C=O) groups is 4. The highest BCUT2D eigenvalue weighted by Crippen LogP contribution is 2.25. The molecule has 300 valence electrons. The monoisotopic (exact) mass is 812 g/mol. The molecule has 8 aromatic rings. The third-order valence-electron chi connectivity index (χ3n) is 8.73. The van der Waals surface area contributed by atoms with Crippen LogP contribution in [0.2, 0.25) is 0 Å². The number of ketones is 2. The fourth-order valence-electron chi connectivity index (χ4n) is 5.61. The van der Waals surface area contributed by atoms with Crippen LogP contribution in [0.3, 0.4) is 0 Å². The van der Waals surface area contributed by atoms with E-state index in [-0.39, 0.29) is 22.4 Å². The molecule has 0 fully saturated rings. The van der Waals surface area contributed by atoms with Crippen LogP contribution in [0.1, 0.15) is 73.3 Å². The Bertz CT molecular complexity index is 2620. The average molecular weight is 813 g/mol. The van der Waals surface area contributed by atoms with E-state index in [1.54, 1.807) is 72.0 Å². The molecule has 7 nitrogen and oxygen atoms in total. The quantitative estimate of drug-likeness (QED) is 0.0737. The third kappa shape index (κ3) is 12.6. The number of Topliss-reactive ketones (excluding diaryl/α,β-unsaturated/α-hetero) is 1. The van der Waals surface area contributed by atoms with Crippen molar-refractivity contribution in [3.05, 3.63) is 238 Å². The van der Waals surface area contributed by atoms with Crippen molar-refractivity contribution in [2.24, 2.45) is 5.41 Å². The number of carbonyl (C=O) groups excluding carboxylic acids is 4. The van der Waals surface area contributed by atoms with E-state index >= 15 is 0 Å². The van der Waals surface area contributed by atoms with Gasteiger partial charge in [-0.25, -0.2) is 19.4 Å². The molecule has 1 heterocycles. The van der Waals surface area contributed by atoms with Gasteiger partial charge in [0.05, 0.1) is 11.1 Å². The Hall–Kier alpha value is -7.29. The molecule has 0 saturated heterocycles. The summed E-state index contributed by atoms with van der Waals surface area (Å²) >= 11 is 1.67. The molecule has 8 heteroatoms. The van der Waals surface area contributed by atoms with Gasteiger partial charge in [-0.1, -0.05) is 172 Å². The van der Waals surface area contributed by atoms with E-state index in [0.717, 1.165) is 42.4 Å². The van der Waals surface area contributed by atoms with Gasteiger partial charge in [-0.05, 0) is 55.5 Å². The summed E-state index contributed by atoms with van der Waals surface area (Å²) < 4.78 is 2.12. The zero-order valence-electron chi connectivity index (χ0n) is 33.7. The Kier molecular flexibility index (Phi) is 15.7. The molecule has 0 radical (unpaired) electrons. The molecule has 0 N–H and O–H groups in total. The van der Waals surface area contributed by atoms with Crippen molar-refractivity contribution in [1.82, 2.24) is 0 Å². The predicted octanol–water partition coefficient (Wildman–Crippen LogP) is 12.2. The van der Waals surface area contributed by atoms with Gasteiger partial charge in [-0.15, -0.1) is 11.3 Å². The smallest absolute Gasteiger partial charge is 0.294 e. The second-order valence-corrected chi connectivity index (χ2v) is 15.5. The van der Waals surface area contributed by atoms with Crippen LogP contribution in [0.5, 0.6) is 0 Å². The highest BCUT2D eigenvalue weighted by molar-refractivity contribution is 7.24. The lowest BCUT2D eigenvalue weighted by atomic mass is 9.87. The maximum atomic E-state index is 12.2. The van der Waals surface area contributed by atoms with Crippen LogP contribution in [0.4, 0.5) is 0 Å². The van der Waals surface area contributed by atoms with Gasteiger partial charge in [0.2, 0.25) is 0 Å². The lowest BCUT2D eigenvalue weighted by Crippen LogP contribution is -2.19. The Morgan fingerprint density at radius 1 is 0.433 bits per heavy atom. The molecule has 0 bridgehead atoms. The molecule has 0 saturated carbocycles. The summed E-state index contributed by atoms with van der Waals surface area (Å²) in [6.07, 6.45) is 0. The average Bonchev–Trinajstić information content (AvgIpc) is 3.30. The third-order valence-corrected chi connectivity index (χ3v) is 9.88. The SMILES string of the molecule is CC(C)(C)C(=O)c1ccccc1.Cc1ccc2sc3ccccc3c(=O)c2c1.O=C(OOC(=O)c1ccccc1)c1ccccc1.O=C(c1ccccc1)c1ccccc1. The first-order valence-electron chi connectivity index (χ1n) is 19.1. The van der Waals surface area contributed by atoms with E-state index in [1.165, 1.54) is 0 Å². The van der Waals surface area contributed by atoms with Crippen LogP contribution < -0.4 is 5.43 Å². The number of benzene rings is 7. The van der Waals surface area contributed by atoms with Crippen molar-refractivity contribution in [2.45, 2.75) is 27.7 Å². The first-order valence-corrected chi connectivity index (χ1v) is 19.9. The van der Waals surface area contributed by atoms with Gasteiger partial charge in [0.25, 0.3) is 0 Å². The Balaban J connectivity index is 0.000000153. The van der Waals surface area contributed by atoms with Gasteiger partial charge in [-0.2, -0.15) is 0 Å². The molecule has 0 atom stereocenters. The second kappa shape index (κ2) is 21.5. The van der Waals surface area contributed by atoms with Gasteiger partial charge >= 0.3 is 11.9 Å². The van der Waals surface area contributed by atoms with Crippen LogP contribution in [0.15, 0.2) is 199 Å². The summed E-state index contributed by atoms with van der Waals surface area (Å²) in [5, 5.41) is 1.66. The molecular formula is C52H44O7S. The van der Waals surface area contributed by atoms with Crippen LogP contribution in [0.25, 0.3) is 20.2 Å². The van der Waals surface area contributed by atoms with Crippen molar-refractivity contribution >= 4 is 55.0 Å². The van der Waals surface area contributed by atoms with Gasteiger partial charge in [0, 0.05) is 42.3 Å². The number of hydrogen-bond donors (Lipinski definition) is 0. The van der Waals surface area contributed by atoms with Gasteiger partial charge in [0.1, 0.15) is 0 Å². The van der Waals surface area contributed by atoms with E-state index in [2.05, 4.69) is 9.78 Å². The molecule has 60 heavy (non-hydrogen) atoms. The lowest BCUT2D eigenvalue weighted by molar-refractivity contribution is -0.187. The maximum absolute atomic E-state index is 12.2. The maximum Gasteiger partial charge on any atom is 0.386 e. The highest BCUT2D eigenvalue weighted by atomic mass is 32.1. The molecule has 8 rings (SSSR count). The normalized spacial score (nSPS) is 10.3. The van der Waals surface area contributed by atoms with Crippen LogP contribution in [-0.2, 0) is 9.78 Å². The summed E-state index contributed by atoms with van der Waals surface area (Å²) in [5.41, 5.74) is 3.90. The summed E-state index contributed by atoms with van der Waals surface area (Å²) in [6, 6.07) is 58.4. The van der Waals surface area contributed by atoms with Gasteiger partial charge in [0.15, 0.2) is 17.0 Å². The van der Waals surface area contributed by atoms with Crippen molar-refractivity contribution in [1.29, 1.82) is 0 Å². The molecule has 0 unspecified atom stereocenters. The lowest BCUT2D eigenvalue weighted by Gasteiger charge is -2.16. The molecular weight excluding hydrogens is 769 g/mol. The Morgan fingerprint density at radius 3 is 1.23 bits per heavy atom. The molecule has 7 aromatic carbocycles. The van der Waals surface area contributed by atoms with Crippen molar-refractivity contribution < 1.29 is 29.0 Å². The second-order valence-electron chi connectivity index (χ2n) is 14.4.